The average Bonchev–Trinajstić information content (AvgIpc) is 2.41. The summed E-state index contributed by atoms with van der Waals surface area (Å²) in [4.78, 5) is 24.7. The van der Waals surface area contributed by atoms with Crippen LogP contribution in [0.3, 0.4) is 0 Å². The first kappa shape index (κ1) is 16.0. The molecule has 5 heteroatoms. The van der Waals surface area contributed by atoms with E-state index in [1.54, 1.807) is 24.8 Å². The zero-order chi connectivity index (χ0) is 15.3. The van der Waals surface area contributed by atoms with Crippen LogP contribution in [0.2, 0.25) is 0 Å². The first-order chi connectivity index (χ1) is 9.40. The largest absolute Gasteiger partial charge is 0.481 e. The maximum Gasteiger partial charge on any atom is 0.335 e. The van der Waals surface area contributed by atoms with Crippen LogP contribution in [0.1, 0.15) is 36.7 Å². The van der Waals surface area contributed by atoms with Crippen molar-refractivity contribution in [3.05, 3.63) is 29.3 Å². The summed E-state index contributed by atoms with van der Waals surface area (Å²) in [6.45, 7) is 8.57. The van der Waals surface area contributed by atoms with E-state index in [0.29, 0.717) is 24.4 Å². The second-order valence-corrected chi connectivity index (χ2v) is 4.56. The molecule has 1 rings (SSSR count). The number of carboxylic acid groups (broad SMARTS) is 1. The molecule has 1 atom stereocenters. The van der Waals surface area contributed by atoms with Gasteiger partial charge in [-0.3, -0.25) is 4.79 Å². The zero-order valence-corrected chi connectivity index (χ0v) is 12.3. The normalized spacial score (nSPS) is 11.8. The topological polar surface area (TPSA) is 66.8 Å². The highest BCUT2D eigenvalue weighted by Crippen LogP contribution is 2.21. The molecule has 5 nitrogen and oxygen atoms in total. The molecule has 0 fully saturated rings. The molecule has 20 heavy (non-hydrogen) atoms. The second-order valence-electron chi connectivity index (χ2n) is 4.56. The summed E-state index contributed by atoms with van der Waals surface area (Å²) in [5.74, 6) is -0.522. The molecule has 0 aliphatic carbocycles. The van der Waals surface area contributed by atoms with Gasteiger partial charge < -0.3 is 14.7 Å². The molecular weight excluding hydrogens is 258 g/mol. The Hall–Kier alpha value is -2.04. The number of carboxylic acids is 1. The highest BCUT2D eigenvalue weighted by Gasteiger charge is 2.20. The van der Waals surface area contributed by atoms with Crippen LogP contribution in [0.25, 0.3) is 0 Å². The minimum atomic E-state index is -0.980. The molecule has 0 bridgehead atoms. The fourth-order valence-electron chi connectivity index (χ4n) is 1.95. The van der Waals surface area contributed by atoms with Gasteiger partial charge in [0.15, 0.2) is 6.10 Å². The molecule has 0 heterocycles. The van der Waals surface area contributed by atoms with E-state index in [2.05, 4.69) is 0 Å². The Balaban J connectivity index is 2.83. The maximum absolute atomic E-state index is 12.1. The minimum absolute atomic E-state index is 0.0725. The number of aryl methyl sites for hydroxylation is 1. The van der Waals surface area contributed by atoms with Crippen molar-refractivity contribution in [2.45, 2.75) is 33.8 Å². The molecule has 0 saturated heterocycles. The van der Waals surface area contributed by atoms with E-state index in [9.17, 15) is 9.59 Å². The summed E-state index contributed by atoms with van der Waals surface area (Å²) in [6, 6.07) is 4.59. The van der Waals surface area contributed by atoms with Crippen LogP contribution in [-0.4, -0.2) is 41.1 Å². The predicted octanol–water partition coefficient (Wildman–Crippen LogP) is 2.33. The van der Waals surface area contributed by atoms with Gasteiger partial charge in [-0.1, -0.05) is 0 Å². The fourth-order valence-corrected chi connectivity index (χ4v) is 1.95. The summed E-state index contributed by atoms with van der Waals surface area (Å²) < 4.78 is 5.64. The minimum Gasteiger partial charge on any atom is -0.481 e. The van der Waals surface area contributed by atoms with E-state index in [1.165, 1.54) is 12.1 Å². The molecule has 0 aromatic heterocycles. The molecule has 0 radical (unpaired) electrons. The molecular formula is C15H21NO4. The Kier molecular flexibility index (Phi) is 5.55. The van der Waals surface area contributed by atoms with Gasteiger partial charge in [0.1, 0.15) is 5.75 Å². The molecule has 1 amide bonds. The van der Waals surface area contributed by atoms with Gasteiger partial charge in [0, 0.05) is 13.1 Å². The number of carbonyl (C=O) groups excluding carboxylic acids is 1. The van der Waals surface area contributed by atoms with Crippen molar-refractivity contribution in [2.75, 3.05) is 13.1 Å². The fraction of sp³-hybridized carbons (Fsp3) is 0.467. The number of hydrogen-bond donors (Lipinski definition) is 1. The molecule has 0 aliphatic heterocycles. The van der Waals surface area contributed by atoms with Crippen LogP contribution in [0.15, 0.2) is 18.2 Å². The number of aromatic carboxylic acids is 1. The quantitative estimate of drug-likeness (QED) is 0.868. The molecule has 0 saturated carbocycles. The third kappa shape index (κ3) is 3.73. The summed E-state index contributed by atoms with van der Waals surface area (Å²) in [6.07, 6.45) is -0.593. The molecule has 1 aromatic carbocycles. The lowest BCUT2D eigenvalue weighted by atomic mass is 10.1. The van der Waals surface area contributed by atoms with Crippen molar-refractivity contribution in [2.24, 2.45) is 0 Å². The molecule has 1 N–H and O–H groups in total. The third-order valence-electron chi connectivity index (χ3n) is 3.15. The number of likely N-dealkylation sites (N-methyl/N-ethyl adjacent to an activating group) is 1. The highest BCUT2D eigenvalue weighted by molar-refractivity contribution is 5.88. The van der Waals surface area contributed by atoms with Gasteiger partial charge in [0.05, 0.1) is 5.56 Å². The Morgan fingerprint density at radius 2 is 1.90 bits per heavy atom. The van der Waals surface area contributed by atoms with Gasteiger partial charge in [-0.25, -0.2) is 4.79 Å². The van der Waals surface area contributed by atoms with Crippen molar-refractivity contribution < 1.29 is 19.4 Å². The lowest BCUT2D eigenvalue weighted by molar-refractivity contribution is -0.137. The lowest BCUT2D eigenvalue weighted by Gasteiger charge is -2.24. The number of hydrogen-bond acceptors (Lipinski definition) is 3. The summed E-state index contributed by atoms with van der Waals surface area (Å²) >= 11 is 0. The van der Waals surface area contributed by atoms with Crippen LogP contribution in [0, 0.1) is 6.92 Å². The monoisotopic (exact) mass is 279 g/mol. The Bertz CT molecular complexity index is 495. The SMILES string of the molecule is CCN(CC)C(=O)C(C)Oc1ccc(C(=O)O)cc1C. The average molecular weight is 279 g/mol. The number of amides is 1. The van der Waals surface area contributed by atoms with E-state index in [4.69, 9.17) is 9.84 Å². The van der Waals surface area contributed by atoms with E-state index >= 15 is 0 Å². The van der Waals surface area contributed by atoms with Crippen LogP contribution < -0.4 is 4.74 Å². The van der Waals surface area contributed by atoms with E-state index < -0.39 is 12.1 Å². The van der Waals surface area contributed by atoms with Gasteiger partial charge in [0.2, 0.25) is 0 Å². The molecule has 1 unspecified atom stereocenters. The first-order valence-electron chi connectivity index (χ1n) is 6.70. The Labute approximate surface area is 119 Å². The van der Waals surface area contributed by atoms with E-state index in [-0.39, 0.29) is 11.5 Å². The van der Waals surface area contributed by atoms with Crippen molar-refractivity contribution >= 4 is 11.9 Å². The van der Waals surface area contributed by atoms with Gasteiger partial charge in [-0.05, 0) is 51.5 Å². The van der Waals surface area contributed by atoms with E-state index in [0.717, 1.165) is 0 Å². The number of benzene rings is 1. The molecule has 0 aliphatic rings. The number of rotatable bonds is 6. The number of ether oxygens (including phenoxy) is 1. The maximum atomic E-state index is 12.1. The number of carbonyl (C=O) groups is 2. The van der Waals surface area contributed by atoms with Crippen LogP contribution >= 0.6 is 0 Å². The van der Waals surface area contributed by atoms with Crippen LogP contribution in [0.4, 0.5) is 0 Å². The molecule has 0 spiro atoms. The van der Waals surface area contributed by atoms with Crippen molar-refractivity contribution in [1.29, 1.82) is 0 Å². The second kappa shape index (κ2) is 6.93. The Morgan fingerprint density at radius 1 is 1.30 bits per heavy atom. The molecule has 110 valence electrons. The predicted molar refractivity (Wildman–Crippen MR) is 76.2 cm³/mol. The third-order valence-corrected chi connectivity index (χ3v) is 3.15. The summed E-state index contributed by atoms with van der Waals surface area (Å²) in [5, 5.41) is 8.91. The first-order valence-corrected chi connectivity index (χ1v) is 6.70. The molecule has 1 aromatic rings. The van der Waals surface area contributed by atoms with Crippen molar-refractivity contribution in [3.8, 4) is 5.75 Å². The van der Waals surface area contributed by atoms with Crippen LogP contribution in [0.5, 0.6) is 5.75 Å². The van der Waals surface area contributed by atoms with Crippen molar-refractivity contribution in [1.82, 2.24) is 4.90 Å². The summed E-state index contributed by atoms with van der Waals surface area (Å²) in [5.41, 5.74) is 0.904. The van der Waals surface area contributed by atoms with Gasteiger partial charge in [-0.15, -0.1) is 0 Å². The van der Waals surface area contributed by atoms with Crippen molar-refractivity contribution in [3.63, 3.8) is 0 Å². The van der Waals surface area contributed by atoms with E-state index in [1.807, 2.05) is 13.8 Å². The zero-order valence-electron chi connectivity index (χ0n) is 12.3. The van der Waals surface area contributed by atoms with Gasteiger partial charge >= 0.3 is 5.97 Å². The van der Waals surface area contributed by atoms with Crippen LogP contribution in [-0.2, 0) is 4.79 Å². The number of nitrogens with zero attached hydrogens (tertiary/aromatic N) is 1. The highest BCUT2D eigenvalue weighted by atomic mass is 16.5. The Morgan fingerprint density at radius 3 is 2.35 bits per heavy atom. The smallest absolute Gasteiger partial charge is 0.335 e. The summed E-state index contributed by atoms with van der Waals surface area (Å²) in [7, 11) is 0. The van der Waals surface area contributed by atoms with Gasteiger partial charge in [0.25, 0.3) is 5.91 Å². The standard InChI is InChI=1S/C15H21NO4/c1-5-16(6-2)14(17)11(4)20-13-8-7-12(15(18)19)9-10(13)3/h7-9,11H,5-6H2,1-4H3,(H,18,19). The van der Waals surface area contributed by atoms with Gasteiger partial charge in [-0.2, -0.15) is 0 Å². The lowest BCUT2D eigenvalue weighted by Crippen LogP contribution is -2.40.